The molecule has 2 N–H and O–H groups in total. The molecule has 0 fully saturated rings. The molecule has 5 nitrogen and oxygen atoms in total. The minimum Gasteiger partial charge on any atom is -0.465 e. The number of benzene rings is 1. The molecule has 0 heterocycles. The fourth-order valence-corrected chi connectivity index (χ4v) is 1.83. The SMILES string of the molecule is CCCCNC(=O)C(C)N(Cc1ccccc1)C(=O)O. The van der Waals surface area contributed by atoms with Crippen molar-refractivity contribution in [1.29, 1.82) is 0 Å². The number of hydrogen-bond acceptors (Lipinski definition) is 2. The zero-order chi connectivity index (χ0) is 15.0. The molecular weight excluding hydrogens is 256 g/mol. The Morgan fingerprint density at radius 1 is 1.30 bits per heavy atom. The molecule has 0 aliphatic carbocycles. The van der Waals surface area contributed by atoms with Crippen molar-refractivity contribution in [1.82, 2.24) is 10.2 Å². The second kappa shape index (κ2) is 8.19. The fourth-order valence-electron chi connectivity index (χ4n) is 1.83. The van der Waals surface area contributed by atoms with Crippen LogP contribution in [0.1, 0.15) is 32.3 Å². The summed E-state index contributed by atoms with van der Waals surface area (Å²) in [6, 6.07) is 8.55. The van der Waals surface area contributed by atoms with Gasteiger partial charge in [-0.25, -0.2) is 4.79 Å². The lowest BCUT2D eigenvalue weighted by molar-refractivity contribution is -0.125. The van der Waals surface area contributed by atoms with E-state index in [1.54, 1.807) is 6.92 Å². The molecule has 0 saturated heterocycles. The lowest BCUT2D eigenvalue weighted by atomic mass is 10.2. The van der Waals surface area contributed by atoms with Crippen LogP contribution in [-0.4, -0.2) is 34.6 Å². The van der Waals surface area contributed by atoms with Gasteiger partial charge >= 0.3 is 6.09 Å². The van der Waals surface area contributed by atoms with Gasteiger partial charge < -0.3 is 10.4 Å². The van der Waals surface area contributed by atoms with Crippen LogP contribution < -0.4 is 5.32 Å². The summed E-state index contributed by atoms with van der Waals surface area (Å²) in [5.74, 6) is -0.253. The monoisotopic (exact) mass is 278 g/mol. The van der Waals surface area contributed by atoms with Crippen LogP contribution in [0.5, 0.6) is 0 Å². The Hall–Kier alpha value is -2.04. The summed E-state index contributed by atoms with van der Waals surface area (Å²) in [5.41, 5.74) is 0.864. The molecular formula is C15H22N2O3. The molecule has 110 valence electrons. The third kappa shape index (κ3) is 4.91. The van der Waals surface area contributed by atoms with Gasteiger partial charge in [0.15, 0.2) is 0 Å². The molecule has 0 aliphatic rings. The topological polar surface area (TPSA) is 69.6 Å². The van der Waals surface area contributed by atoms with Crippen molar-refractivity contribution in [2.45, 2.75) is 39.3 Å². The maximum atomic E-state index is 11.9. The number of unbranched alkanes of at least 4 members (excludes halogenated alkanes) is 1. The van der Waals surface area contributed by atoms with Crippen LogP contribution in [0, 0.1) is 0 Å². The minimum absolute atomic E-state index is 0.207. The Morgan fingerprint density at radius 2 is 1.95 bits per heavy atom. The van der Waals surface area contributed by atoms with E-state index in [9.17, 15) is 14.7 Å². The number of carboxylic acid groups (broad SMARTS) is 1. The van der Waals surface area contributed by atoms with Crippen LogP contribution in [0.4, 0.5) is 4.79 Å². The second-order valence-corrected chi connectivity index (χ2v) is 4.72. The maximum absolute atomic E-state index is 11.9. The van der Waals surface area contributed by atoms with E-state index in [0.29, 0.717) is 6.54 Å². The molecule has 1 unspecified atom stereocenters. The summed E-state index contributed by atoms with van der Waals surface area (Å²) in [7, 11) is 0. The first-order chi connectivity index (χ1) is 9.56. The molecule has 0 aromatic heterocycles. The molecule has 1 aromatic rings. The predicted octanol–water partition coefficient (Wildman–Crippen LogP) is 2.47. The molecule has 1 atom stereocenters. The van der Waals surface area contributed by atoms with Crippen LogP contribution in [0.2, 0.25) is 0 Å². The van der Waals surface area contributed by atoms with E-state index in [4.69, 9.17) is 0 Å². The minimum atomic E-state index is -1.09. The third-order valence-electron chi connectivity index (χ3n) is 3.12. The van der Waals surface area contributed by atoms with E-state index in [1.165, 1.54) is 0 Å². The van der Waals surface area contributed by atoms with E-state index in [1.807, 2.05) is 37.3 Å². The van der Waals surface area contributed by atoms with Crippen molar-refractivity contribution >= 4 is 12.0 Å². The zero-order valence-corrected chi connectivity index (χ0v) is 12.0. The van der Waals surface area contributed by atoms with Gasteiger partial charge in [-0.1, -0.05) is 43.7 Å². The van der Waals surface area contributed by atoms with E-state index in [0.717, 1.165) is 23.3 Å². The van der Waals surface area contributed by atoms with Crippen molar-refractivity contribution in [2.75, 3.05) is 6.54 Å². The van der Waals surface area contributed by atoms with E-state index in [2.05, 4.69) is 5.32 Å². The number of nitrogens with zero attached hydrogens (tertiary/aromatic N) is 1. The highest BCUT2D eigenvalue weighted by Crippen LogP contribution is 2.09. The van der Waals surface area contributed by atoms with Gasteiger partial charge in [0.2, 0.25) is 5.91 Å². The standard InChI is InChI=1S/C15H22N2O3/c1-3-4-10-16-14(18)12(2)17(15(19)20)11-13-8-6-5-7-9-13/h5-9,12H,3-4,10-11H2,1-2H3,(H,16,18)(H,19,20). The Labute approximate surface area is 119 Å². The highest BCUT2D eigenvalue weighted by molar-refractivity contribution is 5.84. The van der Waals surface area contributed by atoms with Crippen LogP contribution in [0.15, 0.2) is 30.3 Å². The Kier molecular flexibility index (Phi) is 6.56. The van der Waals surface area contributed by atoms with Crippen molar-refractivity contribution < 1.29 is 14.7 Å². The summed E-state index contributed by atoms with van der Waals surface area (Å²) in [4.78, 5) is 24.4. The number of hydrogen-bond donors (Lipinski definition) is 2. The van der Waals surface area contributed by atoms with Crippen LogP contribution in [-0.2, 0) is 11.3 Å². The number of amides is 2. The summed E-state index contributed by atoms with van der Waals surface area (Å²) in [5, 5.41) is 12.0. The lowest BCUT2D eigenvalue weighted by Gasteiger charge is -2.25. The Bertz CT molecular complexity index is 434. The van der Waals surface area contributed by atoms with Crippen molar-refractivity contribution in [3.05, 3.63) is 35.9 Å². The van der Waals surface area contributed by atoms with Crippen molar-refractivity contribution in [3.8, 4) is 0 Å². The van der Waals surface area contributed by atoms with E-state index in [-0.39, 0.29) is 12.5 Å². The number of rotatable bonds is 7. The van der Waals surface area contributed by atoms with Gasteiger partial charge in [-0.3, -0.25) is 9.69 Å². The molecule has 5 heteroatoms. The van der Waals surface area contributed by atoms with Gasteiger partial charge in [-0.15, -0.1) is 0 Å². The summed E-state index contributed by atoms with van der Waals surface area (Å²) < 4.78 is 0. The average molecular weight is 278 g/mol. The highest BCUT2D eigenvalue weighted by Gasteiger charge is 2.25. The van der Waals surface area contributed by atoms with Crippen LogP contribution in [0.25, 0.3) is 0 Å². The molecule has 20 heavy (non-hydrogen) atoms. The first-order valence-corrected chi connectivity index (χ1v) is 6.87. The smallest absolute Gasteiger partial charge is 0.408 e. The Balaban J connectivity index is 2.65. The molecule has 0 aliphatic heterocycles. The summed E-state index contributed by atoms with van der Waals surface area (Å²) >= 11 is 0. The lowest BCUT2D eigenvalue weighted by Crippen LogP contribution is -2.47. The summed E-state index contributed by atoms with van der Waals surface area (Å²) in [6.07, 6.45) is 0.790. The fraction of sp³-hybridized carbons (Fsp3) is 0.467. The van der Waals surface area contributed by atoms with Gasteiger partial charge in [0.1, 0.15) is 6.04 Å². The molecule has 2 amide bonds. The number of nitrogens with one attached hydrogen (secondary N) is 1. The number of carbonyl (C=O) groups is 2. The molecule has 1 rings (SSSR count). The van der Waals surface area contributed by atoms with Crippen LogP contribution in [0.3, 0.4) is 0 Å². The van der Waals surface area contributed by atoms with Gasteiger partial charge in [-0.2, -0.15) is 0 Å². The molecule has 0 saturated carbocycles. The highest BCUT2D eigenvalue weighted by atomic mass is 16.4. The zero-order valence-electron chi connectivity index (χ0n) is 12.0. The first kappa shape index (κ1) is 16.0. The van der Waals surface area contributed by atoms with E-state index >= 15 is 0 Å². The molecule has 1 aromatic carbocycles. The largest absolute Gasteiger partial charge is 0.465 e. The van der Waals surface area contributed by atoms with Gasteiger partial charge in [0.05, 0.1) is 0 Å². The van der Waals surface area contributed by atoms with Crippen molar-refractivity contribution in [3.63, 3.8) is 0 Å². The molecule has 0 bridgehead atoms. The maximum Gasteiger partial charge on any atom is 0.408 e. The van der Waals surface area contributed by atoms with Gasteiger partial charge in [0.25, 0.3) is 0 Å². The molecule has 0 spiro atoms. The normalized spacial score (nSPS) is 11.7. The summed E-state index contributed by atoms with van der Waals surface area (Å²) in [6.45, 7) is 4.43. The third-order valence-corrected chi connectivity index (χ3v) is 3.12. The quantitative estimate of drug-likeness (QED) is 0.753. The molecule has 0 radical (unpaired) electrons. The van der Waals surface area contributed by atoms with Crippen molar-refractivity contribution in [2.24, 2.45) is 0 Å². The average Bonchev–Trinajstić information content (AvgIpc) is 2.45. The number of carbonyl (C=O) groups excluding carboxylic acids is 1. The first-order valence-electron chi connectivity index (χ1n) is 6.87. The predicted molar refractivity (Wildman–Crippen MR) is 77.4 cm³/mol. The van der Waals surface area contributed by atoms with E-state index < -0.39 is 12.1 Å². The Morgan fingerprint density at radius 3 is 2.50 bits per heavy atom. The van der Waals surface area contributed by atoms with Gasteiger partial charge in [0, 0.05) is 13.1 Å². The van der Waals surface area contributed by atoms with Gasteiger partial charge in [-0.05, 0) is 18.9 Å². The second-order valence-electron chi connectivity index (χ2n) is 4.72. The van der Waals surface area contributed by atoms with Crippen LogP contribution >= 0.6 is 0 Å².